The van der Waals surface area contributed by atoms with E-state index in [4.69, 9.17) is 4.74 Å². The summed E-state index contributed by atoms with van der Waals surface area (Å²) in [5, 5.41) is 2.95. The van der Waals surface area contributed by atoms with Gasteiger partial charge in [-0.1, -0.05) is 13.0 Å². The van der Waals surface area contributed by atoms with E-state index in [9.17, 15) is 4.79 Å². The third-order valence-corrected chi connectivity index (χ3v) is 2.90. The quantitative estimate of drug-likeness (QED) is 0.785. The van der Waals surface area contributed by atoms with Crippen molar-refractivity contribution < 1.29 is 9.53 Å². The van der Waals surface area contributed by atoms with Crippen molar-refractivity contribution in [3.63, 3.8) is 0 Å². The second-order valence-electron chi connectivity index (χ2n) is 4.30. The molecule has 0 heterocycles. The fourth-order valence-corrected chi connectivity index (χ4v) is 1.64. The van der Waals surface area contributed by atoms with Gasteiger partial charge in [-0.3, -0.25) is 4.79 Å². The molecule has 0 fully saturated rings. The van der Waals surface area contributed by atoms with Crippen molar-refractivity contribution in [1.82, 2.24) is 5.32 Å². The average Bonchev–Trinajstić information content (AvgIpc) is 2.38. The van der Waals surface area contributed by atoms with Crippen molar-refractivity contribution in [3.05, 3.63) is 42.0 Å². The predicted octanol–water partition coefficient (Wildman–Crippen LogP) is 2.95. The number of allylic oxidation sites excluding steroid dienone is 1. The highest BCUT2D eigenvalue weighted by molar-refractivity contribution is 5.94. The summed E-state index contributed by atoms with van der Waals surface area (Å²) in [5.41, 5.74) is 1.64. The number of ether oxygens (including phenoxy) is 1. The Morgan fingerprint density at radius 1 is 1.56 bits per heavy atom. The fourth-order valence-electron chi connectivity index (χ4n) is 1.64. The molecule has 1 aromatic carbocycles. The van der Waals surface area contributed by atoms with Crippen molar-refractivity contribution in [2.45, 2.75) is 32.7 Å². The van der Waals surface area contributed by atoms with Gasteiger partial charge in [0.2, 0.25) is 0 Å². The lowest BCUT2D eigenvalue weighted by Crippen LogP contribution is -2.31. The molecule has 3 heteroatoms. The lowest BCUT2D eigenvalue weighted by Gasteiger charge is -2.13. The standard InChI is InChI=1S/C15H21NO2/c1-5-7-12-10-13(8-9-14(12)18-4)15(17)16-11(3)6-2/h5,8-11H,1,6-7H2,2-4H3,(H,16,17)/t11-/m0/s1. The van der Waals surface area contributed by atoms with E-state index in [1.807, 2.05) is 26.0 Å². The van der Waals surface area contributed by atoms with Gasteiger partial charge in [-0.15, -0.1) is 6.58 Å². The number of hydrogen-bond acceptors (Lipinski definition) is 2. The minimum atomic E-state index is -0.0442. The van der Waals surface area contributed by atoms with Crippen LogP contribution in [0.15, 0.2) is 30.9 Å². The maximum absolute atomic E-state index is 12.0. The van der Waals surface area contributed by atoms with Gasteiger partial charge in [-0.2, -0.15) is 0 Å². The van der Waals surface area contributed by atoms with Gasteiger partial charge >= 0.3 is 0 Å². The average molecular weight is 247 g/mol. The highest BCUT2D eigenvalue weighted by Crippen LogP contribution is 2.20. The van der Waals surface area contributed by atoms with Gasteiger partial charge in [-0.05, 0) is 43.5 Å². The molecular formula is C15H21NO2. The van der Waals surface area contributed by atoms with Crippen LogP contribution in [0.5, 0.6) is 5.75 Å². The Morgan fingerprint density at radius 2 is 2.28 bits per heavy atom. The molecule has 0 aliphatic rings. The maximum atomic E-state index is 12.0. The summed E-state index contributed by atoms with van der Waals surface area (Å²) in [5.74, 6) is 0.743. The van der Waals surface area contributed by atoms with Crippen LogP contribution in [0.25, 0.3) is 0 Å². The Kier molecular flexibility index (Phi) is 5.43. The smallest absolute Gasteiger partial charge is 0.251 e. The van der Waals surface area contributed by atoms with E-state index in [1.54, 1.807) is 19.3 Å². The van der Waals surface area contributed by atoms with E-state index in [1.165, 1.54) is 0 Å². The lowest BCUT2D eigenvalue weighted by molar-refractivity contribution is 0.0939. The first-order chi connectivity index (χ1) is 8.62. The summed E-state index contributed by atoms with van der Waals surface area (Å²) in [6.45, 7) is 7.75. The second-order valence-corrected chi connectivity index (χ2v) is 4.30. The Hall–Kier alpha value is -1.77. The summed E-state index contributed by atoms with van der Waals surface area (Å²) in [7, 11) is 1.63. The van der Waals surface area contributed by atoms with E-state index in [0.717, 1.165) is 17.7 Å². The second kappa shape index (κ2) is 6.84. The normalized spacial score (nSPS) is 11.7. The highest BCUT2D eigenvalue weighted by atomic mass is 16.5. The zero-order valence-corrected chi connectivity index (χ0v) is 11.3. The van der Waals surface area contributed by atoms with Crippen molar-refractivity contribution in [1.29, 1.82) is 0 Å². The molecule has 0 aliphatic carbocycles. The summed E-state index contributed by atoms with van der Waals surface area (Å²) in [4.78, 5) is 12.0. The number of rotatable bonds is 6. The molecule has 18 heavy (non-hydrogen) atoms. The number of methoxy groups -OCH3 is 1. The molecule has 0 unspecified atom stereocenters. The van der Waals surface area contributed by atoms with Crippen LogP contribution in [0.3, 0.4) is 0 Å². The highest BCUT2D eigenvalue weighted by Gasteiger charge is 2.11. The minimum absolute atomic E-state index is 0.0442. The molecule has 3 nitrogen and oxygen atoms in total. The number of carbonyl (C=O) groups excluding carboxylic acids is 1. The molecule has 0 aromatic heterocycles. The molecule has 0 bridgehead atoms. The summed E-state index contributed by atoms with van der Waals surface area (Å²) in [6, 6.07) is 5.65. The molecule has 1 N–H and O–H groups in total. The molecule has 1 rings (SSSR count). The Bertz CT molecular complexity index is 427. The molecule has 1 amide bonds. The number of nitrogens with one attached hydrogen (secondary N) is 1. The van der Waals surface area contributed by atoms with Crippen LogP contribution < -0.4 is 10.1 Å². The van der Waals surface area contributed by atoms with E-state index in [-0.39, 0.29) is 11.9 Å². The molecule has 0 spiro atoms. The third kappa shape index (κ3) is 3.62. The Morgan fingerprint density at radius 3 is 2.83 bits per heavy atom. The van der Waals surface area contributed by atoms with Crippen LogP contribution in [0.1, 0.15) is 36.2 Å². The lowest BCUT2D eigenvalue weighted by atomic mass is 10.1. The van der Waals surface area contributed by atoms with Gasteiger partial charge in [0, 0.05) is 11.6 Å². The number of hydrogen-bond donors (Lipinski definition) is 1. The Balaban J connectivity index is 2.93. The van der Waals surface area contributed by atoms with Gasteiger partial charge in [0.25, 0.3) is 5.91 Å². The molecule has 0 radical (unpaired) electrons. The van der Waals surface area contributed by atoms with E-state index < -0.39 is 0 Å². The van der Waals surface area contributed by atoms with Crippen molar-refractivity contribution in [2.24, 2.45) is 0 Å². The summed E-state index contributed by atoms with van der Waals surface area (Å²) >= 11 is 0. The first kappa shape index (κ1) is 14.3. The van der Waals surface area contributed by atoms with Crippen molar-refractivity contribution in [3.8, 4) is 5.75 Å². The number of amides is 1. The SMILES string of the molecule is C=CCc1cc(C(=O)N[C@@H](C)CC)ccc1OC. The van der Waals surface area contributed by atoms with Crippen LogP contribution >= 0.6 is 0 Å². The summed E-state index contributed by atoms with van der Waals surface area (Å²) < 4.78 is 5.26. The Labute approximate surface area is 109 Å². The van der Waals surface area contributed by atoms with Crippen molar-refractivity contribution >= 4 is 5.91 Å². The number of carbonyl (C=O) groups is 1. The molecule has 98 valence electrons. The van der Waals surface area contributed by atoms with E-state index in [0.29, 0.717) is 12.0 Å². The van der Waals surface area contributed by atoms with Gasteiger partial charge in [0.15, 0.2) is 0 Å². The first-order valence-corrected chi connectivity index (χ1v) is 6.21. The molecule has 0 saturated carbocycles. The molecule has 1 atom stereocenters. The van der Waals surface area contributed by atoms with Gasteiger partial charge in [0.1, 0.15) is 5.75 Å². The van der Waals surface area contributed by atoms with Crippen LogP contribution in [-0.2, 0) is 6.42 Å². The van der Waals surface area contributed by atoms with Crippen molar-refractivity contribution in [2.75, 3.05) is 7.11 Å². The third-order valence-electron chi connectivity index (χ3n) is 2.90. The van der Waals surface area contributed by atoms with Crippen LogP contribution in [0, 0.1) is 0 Å². The molecular weight excluding hydrogens is 226 g/mol. The predicted molar refractivity (Wildman–Crippen MR) is 74.1 cm³/mol. The fraction of sp³-hybridized carbons (Fsp3) is 0.400. The van der Waals surface area contributed by atoms with Gasteiger partial charge < -0.3 is 10.1 Å². The molecule has 1 aromatic rings. The minimum Gasteiger partial charge on any atom is -0.496 e. The topological polar surface area (TPSA) is 38.3 Å². The van der Waals surface area contributed by atoms with E-state index in [2.05, 4.69) is 11.9 Å². The van der Waals surface area contributed by atoms with Crippen LogP contribution in [0.2, 0.25) is 0 Å². The van der Waals surface area contributed by atoms with E-state index >= 15 is 0 Å². The molecule has 0 saturated heterocycles. The first-order valence-electron chi connectivity index (χ1n) is 6.21. The number of benzene rings is 1. The monoisotopic (exact) mass is 247 g/mol. The van der Waals surface area contributed by atoms with Gasteiger partial charge in [-0.25, -0.2) is 0 Å². The summed E-state index contributed by atoms with van der Waals surface area (Å²) in [6.07, 6.45) is 3.41. The molecule has 0 aliphatic heterocycles. The largest absolute Gasteiger partial charge is 0.496 e. The zero-order chi connectivity index (χ0) is 13.5. The maximum Gasteiger partial charge on any atom is 0.251 e. The van der Waals surface area contributed by atoms with Gasteiger partial charge in [0.05, 0.1) is 7.11 Å². The van der Waals surface area contributed by atoms with Crippen LogP contribution in [-0.4, -0.2) is 19.1 Å². The van der Waals surface area contributed by atoms with Crippen LogP contribution in [0.4, 0.5) is 0 Å². The zero-order valence-electron chi connectivity index (χ0n) is 11.3.